The molecule has 0 heterocycles. The standard InChI is InChI=1S/C11H21N/c1-6(2)10-8-4-7(3)9(5-8)11(10)12/h6-11H,4-5,12H2,1-3H3. The van der Waals surface area contributed by atoms with Crippen LogP contribution in [-0.4, -0.2) is 6.04 Å². The Kier molecular flexibility index (Phi) is 1.95. The van der Waals surface area contributed by atoms with E-state index in [1.807, 2.05) is 0 Å². The topological polar surface area (TPSA) is 26.0 Å². The molecular formula is C11H21N. The molecule has 0 saturated heterocycles. The number of hydrogen-bond donors (Lipinski definition) is 1. The highest BCUT2D eigenvalue weighted by atomic mass is 14.8. The Morgan fingerprint density at radius 1 is 1.25 bits per heavy atom. The van der Waals surface area contributed by atoms with Crippen molar-refractivity contribution in [2.45, 2.75) is 39.7 Å². The predicted octanol–water partition coefficient (Wildman–Crippen LogP) is 2.26. The fourth-order valence-corrected chi connectivity index (χ4v) is 3.77. The fraction of sp³-hybridized carbons (Fsp3) is 1.00. The Balaban J connectivity index is 2.13. The van der Waals surface area contributed by atoms with Crippen LogP contribution >= 0.6 is 0 Å². The number of fused-ring (bicyclic) bond motifs is 2. The van der Waals surface area contributed by atoms with Crippen LogP contribution in [0, 0.1) is 29.6 Å². The molecule has 2 aliphatic carbocycles. The van der Waals surface area contributed by atoms with Gasteiger partial charge in [-0.05, 0) is 42.4 Å². The van der Waals surface area contributed by atoms with E-state index in [4.69, 9.17) is 5.73 Å². The van der Waals surface area contributed by atoms with E-state index in [2.05, 4.69) is 20.8 Å². The Bertz CT molecular complexity index is 174. The van der Waals surface area contributed by atoms with Crippen molar-refractivity contribution in [2.75, 3.05) is 0 Å². The summed E-state index contributed by atoms with van der Waals surface area (Å²) in [6, 6.07) is 0.513. The molecule has 2 saturated carbocycles. The van der Waals surface area contributed by atoms with Gasteiger partial charge in [-0.25, -0.2) is 0 Å². The van der Waals surface area contributed by atoms with Gasteiger partial charge in [0.2, 0.25) is 0 Å². The van der Waals surface area contributed by atoms with E-state index >= 15 is 0 Å². The number of nitrogens with two attached hydrogens (primary N) is 1. The zero-order valence-electron chi connectivity index (χ0n) is 8.46. The van der Waals surface area contributed by atoms with Crippen LogP contribution in [0.3, 0.4) is 0 Å². The quantitative estimate of drug-likeness (QED) is 0.637. The molecule has 0 aliphatic heterocycles. The average molecular weight is 167 g/mol. The summed E-state index contributed by atoms with van der Waals surface area (Å²) >= 11 is 0. The summed E-state index contributed by atoms with van der Waals surface area (Å²) in [5, 5.41) is 0. The third-order valence-electron chi connectivity index (χ3n) is 4.23. The van der Waals surface area contributed by atoms with Gasteiger partial charge < -0.3 is 5.73 Å². The Morgan fingerprint density at radius 3 is 2.33 bits per heavy atom. The Morgan fingerprint density at radius 2 is 1.92 bits per heavy atom. The van der Waals surface area contributed by atoms with E-state index in [9.17, 15) is 0 Å². The van der Waals surface area contributed by atoms with E-state index < -0.39 is 0 Å². The summed E-state index contributed by atoms with van der Waals surface area (Å²) in [6.45, 7) is 7.03. The van der Waals surface area contributed by atoms with Gasteiger partial charge in [0.25, 0.3) is 0 Å². The molecule has 2 N–H and O–H groups in total. The molecule has 5 unspecified atom stereocenters. The monoisotopic (exact) mass is 167 g/mol. The summed E-state index contributed by atoms with van der Waals surface area (Å²) in [6.07, 6.45) is 2.87. The van der Waals surface area contributed by atoms with Crippen LogP contribution in [0.15, 0.2) is 0 Å². The zero-order chi connectivity index (χ0) is 8.88. The van der Waals surface area contributed by atoms with E-state index in [0.29, 0.717) is 6.04 Å². The van der Waals surface area contributed by atoms with Gasteiger partial charge in [0.15, 0.2) is 0 Å². The maximum atomic E-state index is 6.26. The molecule has 0 spiro atoms. The summed E-state index contributed by atoms with van der Waals surface area (Å²) in [4.78, 5) is 0. The van der Waals surface area contributed by atoms with Crippen LogP contribution in [0.1, 0.15) is 33.6 Å². The molecule has 0 aromatic rings. The molecule has 0 amide bonds. The highest BCUT2D eigenvalue weighted by molar-refractivity contribution is 5.02. The number of rotatable bonds is 1. The lowest BCUT2D eigenvalue weighted by molar-refractivity contribution is 0.184. The summed E-state index contributed by atoms with van der Waals surface area (Å²) in [5.41, 5.74) is 6.26. The van der Waals surface area contributed by atoms with E-state index in [-0.39, 0.29) is 0 Å². The van der Waals surface area contributed by atoms with Crippen molar-refractivity contribution in [3.05, 3.63) is 0 Å². The van der Waals surface area contributed by atoms with Crippen molar-refractivity contribution in [3.8, 4) is 0 Å². The van der Waals surface area contributed by atoms with Crippen molar-refractivity contribution in [2.24, 2.45) is 35.3 Å². The van der Waals surface area contributed by atoms with Crippen molar-refractivity contribution in [3.63, 3.8) is 0 Å². The Hall–Kier alpha value is -0.0400. The van der Waals surface area contributed by atoms with Crippen LogP contribution in [0.5, 0.6) is 0 Å². The molecule has 0 radical (unpaired) electrons. The van der Waals surface area contributed by atoms with Crippen molar-refractivity contribution in [1.29, 1.82) is 0 Å². The summed E-state index contributed by atoms with van der Waals surface area (Å²) in [5.74, 6) is 4.33. The highest BCUT2D eigenvalue weighted by Gasteiger charge is 2.50. The van der Waals surface area contributed by atoms with E-state index in [1.54, 1.807) is 0 Å². The van der Waals surface area contributed by atoms with Crippen LogP contribution in [0.25, 0.3) is 0 Å². The molecule has 70 valence electrons. The average Bonchev–Trinajstić information content (AvgIpc) is 2.42. The fourth-order valence-electron chi connectivity index (χ4n) is 3.77. The molecule has 0 aromatic heterocycles. The third kappa shape index (κ3) is 1.02. The molecule has 1 nitrogen and oxygen atoms in total. The first-order valence-electron chi connectivity index (χ1n) is 5.37. The van der Waals surface area contributed by atoms with Crippen molar-refractivity contribution >= 4 is 0 Å². The van der Waals surface area contributed by atoms with Gasteiger partial charge in [-0.15, -0.1) is 0 Å². The van der Waals surface area contributed by atoms with E-state index in [0.717, 1.165) is 29.6 Å². The highest BCUT2D eigenvalue weighted by Crippen LogP contribution is 2.52. The molecule has 1 heteroatoms. The maximum Gasteiger partial charge on any atom is 0.0103 e. The lowest BCUT2D eigenvalue weighted by Gasteiger charge is -2.34. The van der Waals surface area contributed by atoms with Crippen LogP contribution in [0.4, 0.5) is 0 Å². The van der Waals surface area contributed by atoms with Gasteiger partial charge in [-0.2, -0.15) is 0 Å². The van der Waals surface area contributed by atoms with Gasteiger partial charge in [0.1, 0.15) is 0 Å². The second-order valence-corrected chi connectivity index (χ2v) is 5.27. The second kappa shape index (κ2) is 2.73. The largest absolute Gasteiger partial charge is 0.327 e. The van der Waals surface area contributed by atoms with Crippen molar-refractivity contribution < 1.29 is 0 Å². The van der Waals surface area contributed by atoms with Crippen LogP contribution in [0.2, 0.25) is 0 Å². The molecule has 2 bridgehead atoms. The first-order chi connectivity index (χ1) is 5.61. The van der Waals surface area contributed by atoms with Crippen LogP contribution in [-0.2, 0) is 0 Å². The molecular weight excluding hydrogens is 146 g/mol. The number of hydrogen-bond acceptors (Lipinski definition) is 1. The minimum absolute atomic E-state index is 0.513. The second-order valence-electron chi connectivity index (χ2n) is 5.27. The SMILES string of the molecule is CC(C)C1C2CC(C)C(C2)C1N. The van der Waals surface area contributed by atoms with Gasteiger partial charge in [-0.1, -0.05) is 20.8 Å². The minimum Gasteiger partial charge on any atom is -0.327 e. The maximum absolute atomic E-state index is 6.26. The van der Waals surface area contributed by atoms with Gasteiger partial charge in [0, 0.05) is 6.04 Å². The zero-order valence-corrected chi connectivity index (χ0v) is 8.46. The molecule has 0 aromatic carbocycles. The molecule has 12 heavy (non-hydrogen) atoms. The van der Waals surface area contributed by atoms with Crippen LogP contribution < -0.4 is 5.73 Å². The van der Waals surface area contributed by atoms with Crippen molar-refractivity contribution in [1.82, 2.24) is 0 Å². The molecule has 2 aliphatic rings. The van der Waals surface area contributed by atoms with Gasteiger partial charge >= 0.3 is 0 Å². The smallest absolute Gasteiger partial charge is 0.0103 e. The normalized spacial score (nSPS) is 52.2. The molecule has 2 rings (SSSR count). The lowest BCUT2D eigenvalue weighted by Crippen LogP contribution is -2.41. The third-order valence-corrected chi connectivity index (χ3v) is 4.23. The summed E-state index contributed by atoms with van der Waals surface area (Å²) in [7, 11) is 0. The lowest BCUT2D eigenvalue weighted by atomic mass is 9.74. The Labute approximate surface area is 75.7 Å². The van der Waals surface area contributed by atoms with E-state index in [1.165, 1.54) is 12.8 Å². The first kappa shape index (κ1) is 8.55. The van der Waals surface area contributed by atoms with Gasteiger partial charge in [0.05, 0.1) is 0 Å². The summed E-state index contributed by atoms with van der Waals surface area (Å²) < 4.78 is 0. The molecule has 5 atom stereocenters. The van der Waals surface area contributed by atoms with Gasteiger partial charge in [-0.3, -0.25) is 0 Å². The first-order valence-corrected chi connectivity index (χ1v) is 5.37. The molecule has 2 fully saturated rings. The predicted molar refractivity (Wildman–Crippen MR) is 51.7 cm³/mol. The minimum atomic E-state index is 0.513.